The predicted molar refractivity (Wildman–Crippen MR) is 92.9 cm³/mol. The predicted octanol–water partition coefficient (Wildman–Crippen LogP) is 2.58. The highest BCUT2D eigenvalue weighted by Gasteiger charge is 2.32. The molecule has 0 aliphatic carbocycles. The van der Waals surface area contributed by atoms with Crippen LogP contribution >= 0.6 is 11.6 Å². The lowest BCUT2D eigenvalue weighted by Gasteiger charge is -2.19. The zero-order chi connectivity index (χ0) is 16.7. The van der Waals surface area contributed by atoms with Gasteiger partial charge in [0.05, 0.1) is 17.6 Å². The third kappa shape index (κ3) is 2.70. The summed E-state index contributed by atoms with van der Waals surface area (Å²) in [5.74, 6) is 1.94. The number of ether oxygens (including phenoxy) is 1. The highest BCUT2D eigenvalue weighted by atomic mass is 35.5. The molecule has 1 aromatic carbocycles. The van der Waals surface area contributed by atoms with Crippen LogP contribution in [0.4, 0.5) is 0 Å². The molecular weight excluding hydrogens is 326 g/mol. The number of hydrogen-bond acceptors (Lipinski definition) is 4. The van der Waals surface area contributed by atoms with Crippen LogP contribution in [0.25, 0.3) is 11.0 Å². The van der Waals surface area contributed by atoms with E-state index in [0.29, 0.717) is 11.6 Å². The topological polar surface area (TPSA) is 56.9 Å². The SMILES string of the molecule is Cn1ccnc1[C@H]1OCC[C@@H]1NCc1nc2cc(Cl)ccc2n1C. The van der Waals surface area contributed by atoms with Crippen molar-refractivity contribution < 1.29 is 4.74 Å². The molecule has 2 aromatic heterocycles. The van der Waals surface area contributed by atoms with Gasteiger partial charge in [0.15, 0.2) is 0 Å². The number of rotatable bonds is 4. The summed E-state index contributed by atoms with van der Waals surface area (Å²) in [6.45, 7) is 1.42. The fraction of sp³-hybridized carbons (Fsp3) is 0.412. The molecule has 3 aromatic rings. The first kappa shape index (κ1) is 15.6. The Morgan fingerprint density at radius 2 is 2.25 bits per heavy atom. The Balaban J connectivity index is 1.52. The van der Waals surface area contributed by atoms with Crippen molar-refractivity contribution in [3.63, 3.8) is 0 Å². The molecule has 4 rings (SSSR count). The van der Waals surface area contributed by atoms with E-state index >= 15 is 0 Å². The van der Waals surface area contributed by atoms with Gasteiger partial charge in [-0.1, -0.05) is 11.6 Å². The fourth-order valence-electron chi connectivity index (χ4n) is 3.31. The molecule has 0 spiro atoms. The lowest BCUT2D eigenvalue weighted by molar-refractivity contribution is 0.0891. The third-order valence-electron chi connectivity index (χ3n) is 4.66. The van der Waals surface area contributed by atoms with Gasteiger partial charge >= 0.3 is 0 Å². The van der Waals surface area contributed by atoms with E-state index in [2.05, 4.69) is 14.9 Å². The largest absolute Gasteiger partial charge is 0.369 e. The van der Waals surface area contributed by atoms with E-state index in [-0.39, 0.29) is 12.1 Å². The van der Waals surface area contributed by atoms with Gasteiger partial charge < -0.3 is 19.2 Å². The Bertz CT molecular complexity index is 871. The summed E-state index contributed by atoms with van der Waals surface area (Å²) in [6, 6.07) is 6.03. The Hall–Kier alpha value is -1.89. The van der Waals surface area contributed by atoms with Crippen molar-refractivity contribution in [1.82, 2.24) is 24.4 Å². The van der Waals surface area contributed by atoms with Gasteiger partial charge in [-0.2, -0.15) is 0 Å². The molecule has 0 radical (unpaired) electrons. The summed E-state index contributed by atoms with van der Waals surface area (Å²) in [6.07, 6.45) is 4.70. The van der Waals surface area contributed by atoms with Crippen molar-refractivity contribution in [1.29, 1.82) is 0 Å². The first-order valence-corrected chi connectivity index (χ1v) is 8.44. The standard InChI is InChI=1S/C17H20ClN5O/c1-22-7-6-19-17(22)16-12(5-8-24-16)20-10-15-21-13-9-11(18)3-4-14(13)23(15)2/h3-4,6-7,9,12,16,20H,5,8,10H2,1-2H3/t12-,16-/m0/s1. The number of halogens is 1. The summed E-state index contributed by atoms with van der Waals surface area (Å²) >= 11 is 6.06. The van der Waals surface area contributed by atoms with Gasteiger partial charge in [-0.15, -0.1) is 0 Å². The normalized spacial score (nSPS) is 21.0. The number of imidazole rings is 2. The molecular formula is C17H20ClN5O. The lowest BCUT2D eigenvalue weighted by atomic mass is 10.1. The van der Waals surface area contributed by atoms with Crippen LogP contribution in [-0.4, -0.2) is 31.8 Å². The first-order chi connectivity index (χ1) is 11.6. The second-order valence-corrected chi connectivity index (χ2v) is 6.62. The van der Waals surface area contributed by atoms with Crippen molar-refractivity contribution in [2.45, 2.75) is 25.1 Å². The van der Waals surface area contributed by atoms with Crippen molar-refractivity contribution in [3.8, 4) is 0 Å². The summed E-state index contributed by atoms with van der Waals surface area (Å²) in [5, 5.41) is 4.29. The maximum atomic E-state index is 6.06. The van der Waals surface area contributed by atoms with Crippen LogP contribution in [0.15, 0.2) is 30.6 Å². The smallest absolute Gasteiger partial charge is 0.139 e. The van der Waals surface area contributed by atoms with Crippen LogP contribution < -0.4 is 5.32 Å². The number of aryl methyl sites for hydroxylation is 2. The quantitative estimate of drug-likeness (QED) is 0.789. The zero-order valence-corrected chi connectivity index (χ0v) is 14.5. The minimum Gasteiger partial charge on any atom is -0.369 e. The minimum atomic E-state index is -0.0193. The van der Waals surface area contributed by atoms with Gasteiger partial charge in [0.25, 0.3) is 0 Å². The molecule has 0 bridgehead atoms. The van der Waals surface area contributed by atoms with Crippen molar-refractivity contribution in [2.75, 3.05) is 6.61 Å². The van der Waals surface area contributed by atoms with Gasteiger partial charge in [0.2, 0.25) is 0 Å². The van der Waals surface area contributed by atoms with E-state index in [1.165, 1.54) is 0 Å². The molecule has 126 valence electrons. The van der Waals surface area contributed by atoms with Gasteiger partial charge in [0, 0.05) is 44.2 Å². The Kier molecular flexibility index (Phi) is 4.04. The second-order valence-electron chi connectivity index (χ2n) is 6.18. The molecule has 1 fully saturated rings. The molecule has 6 nitrogen and oxygen atoms in total. The number of nitrogens with zero attached hydrogens (tertiary/aromatic N) is 4. The number of benzene rings is 1. The molecule has 1 saturated heterocycles. The average molecular weight is 346 g/mol. The molecule has 0 amide bonds. The molecule has 1 aliphatic rings. The Morgan fingerprint density at radius 3 is 3.04 bits per heavy atom. The maximum Gasteiger partial charge on any atom is 0.139 e. The average Bonchev–Trinajstić information content (AvgIpc) is 3.25. The molecule has 7 heteroatoms. The summed E-state index contributed by atoms with van der Waals surface area (Å²) in [5.41, 5.74) is 2.00. The summed E-state index contributed by atoms with van der Waals surface area (Å²) in [4.78, 5) is 9.12. The zero-order valence-electron chi connectivity index (χ0n) is 13.7. The second kappa shape index (κ2) is 6.20. The van der Waals surface area contributed by atoms with E-state index in [9.17, 15) is 0 Å². The van der Waals surface area contributed by atoms with E-state index < -0.39 is 0 Å². The van der Waals surface area contributed by atoms with Crippen LogP contribution in [0.2, 0.25) is 5.02 Å². The lowest BCUT2D eigenvalue weighted by Crippen LogP contribution is -2.33. The summed E-state index contributed by atoms with van der Waals surface area (Å²) in [7, 11) is 4.03. The Morgan fingerprint density at radius 1 is 1.38 bits per heavy atom. The van der Waals surface area contributed by atoms with E-state index in [4.69, 9.17) is 21.3 Å². The fourth-order valence-corrected chi connectivity index (χ4v) is 3.47. The van der Waals surface area contributed by atoms with Gasteiger partial charge in [-0.25, -0.2) is 9.97 Å². The van der Waals surface area contributed by atoms with Crippen LogP contribution in [0.5, 0.6) is 0 Å². The number of fused-ring (bicyclic) bond motifs is 1. The van der Waals surface area contributed by atoms with E-state index in [1.54, 1.807) is 0 Å². The van der Waals surface area contributed by atoms with E-state index in [1.807, 2.05) is 49.3 Å². The van der Waals surface area contributed by atoms with Gasteiger partial charge in [-0.3, -0.25) is 0 Å². The molecule has 0 saturated carbocycles. The van der Waals surface area contributed by atoms with Crippen LogP contribution in [0, 0.1) is 0 Å². The van der Waals surface area contributed by atoms with Crippen LogP contribution in [-0.2, 0) is 25.4 Å². The van der Waals surface area contributed by atoms with Gasteiger partial charge in [-0.05, 0) is 24.6 Å². The molecule has 1 N–H and O–H groups in total. The highest BCUT2D eigenvalue weighted by molar-refractivity contribution is 6.31. The van der Waals surface area contributed by atoms with Crippen molar-refractivity contribution >= 4 is 22.6 Å². The first-order valence-electron chi connectivity index (χ1n) is 8.06. The molecule has 2 atom stereocenters. The van der Waals surface area contributed by atoms with Gasteiger partial charge in [0.1, 0.15) is 17.8 Å². The Labute approximate surface area is 145 Å². The monoisotopic (exact) mass is 345 g/mol. The maximum absolute atomic E-state index is 6.06. The molecule has 0 unspecified atom stereocenters. The molecule has 1 aliphatic heterocycles. The van der Waals surface area contributed by atoms with Crippen molar-refractivity contribution in [3.05, 3.63) is 47.3 Å². The summed E-state index contributed by atoms with van der Waals surface area (Å²) < 4.78 is 10.0. The van der Waals surface area contributed by atoms with Crippen LogP contribution in [0.3, 0.4) is 0 Å². The minimum absolute atomic E-state index is 0.0193. The van der Waals surface area contributed by atoms with E-state index in [0.717, 1.165) is 35.7 Å². The molecule has 24 heavy (non-hydrogen) atoms. The third-order valence-corrected chi connectivity index (χ3v) is 4.90. The number of aromatic nitrogens is 4. The molecule has 3 heterocycles. The number of nitrogens with one attached hydrogen (secondary N) is 1. The number of hydrogen-bond donors (Lipinski definition) is 1. The highest BCUT2D eigenvalue weighted by Crippen LogP contribution is 2.28. The van der Waals surface area contributed by atoms with Crippen molar-refractivity contribution in [2.24, 2.45) is 14.1 Å². The van der Waals surface area contributed by atoms with Crippen LogP contribution in [0.1, 0.15) is 24.2 Å².